The monoisotopic (exact) mass is 529 g/mol. The quantitative estimate of drug-likeness (QED) is 0.351. The normalized spacial score (nSPS) is 17.1. The summed E-state index contributed by atoms with van der Waals surface area (Å²) in [6, 6.07) is 9.57. The van der Waals surface area contributed by atoms with Gasteiger partial charge < -0.3 is 14.8 Å². The summed E-state index contributed by atoms with van der Waals surface area (Å²) < 4.78 is 41.0. The van der Waals surface area contributed by atoms with Gasteiger partial charge in [-0.15, -0.1) is 0 Å². The number of halogens is 3. The second-order valence-electron chi connectivity index (χ2n) is 9.45. The number of aryl methyl sites for hydroxylation is 2. The molecule has 2 fully saturated rings. The highest BCUT2D eigenvalue weighted by Gasteiger charge is 2.36. The van der Waals surface area contributed by atoms with Crippen LogP contribution < -0.4 is 10.2 Å². The van der Waals surface area contributed by atoms with E-state index in [9.17, 15) is 13.2 Å². The first-order chi connectivity index (χ1) is 17.7. The van der Waals surface area contributed by atoms with E-state index in [-0.39, 0.29) is 0 Å². The fraction of sp³-hybridized carbons (Fsp3) is 0.417. The van der Waals surface area contributed by atoms with Gasteiger partial charge in [0.1, 0.15) is 11.6 Å². The summed E-state index contributed by atoms with van der Waals surface area (Å²) in [6.07, 6.45) is -1.94. The molecular formula is C24H26F3N9S. The molecule has 194 valence electrons. The fourth-order valence-electron chi connectivity index (χ4n) is 4.65. The molecule has 0 unspecified atom stereocenters. The molecule has 1 aromatic carbocycles. The van der Waals surface area contributed by atoms with E-state index < -0.39 is 12.0 Å². The maximum absolute atomic E-state index is 13.3. The lowest BCUT2D eigenvalue weighted by molar-refractivity contribution is -0.146. The van der Waals surface area contributed by atoms with Crippen LogP contribution in [0.15, 0.2) is 40.4 Å². The van der Waals surface area contributed by atoms with Crippen molar-refractivity contribution in [2.75, 3.05) is 36.4 Å². The van der Waals surface area contributed by atoms with Crippen LogP contribution >= 0.6 is 11.8 Å². The molecule has 2 aliphatic rings. The lowest BCUT2D eigenvalue weighted by Crippen LogP contribution is -2.47. The molecule has 3 aromatic heterocycles. The van der Waals surface area contributed by atoms with Crippen LogP contribution in [0.5, 0.6) is 0 Å². The van der Waals surface area contributed by atoms with Crippen LogP contribution in [0.4, 0.5) is 30.6 Å². The Kier molecular flexibility index (Phi) is 5.98. The summed E-state index contributed by atoms with van der Waals surface area (Å²) in [5.74, 6) is 1.13. The van der Waals surface area contributed by atoms with E-state index in [1.807, 2.05) is 19.1 Å². The molecule has 1 aliphatic carbocycles. The van der Waals surface area contributed by atoms with Gasteiger partial charge in [0.15, 0.2) is 11.0 Å². The van der Waals surface area contributed by atoms with Crippen LogP contribution in [0.1, 0.15) is 24.4 Å². The molecule has 0 atom stereocenters. The third-order valence-corrected chi connectivity index (χ3v) is 7.53. The van der Waals surface area contributed by atoms with Crippen molar-refractivity contribution in [3.05, 3.63) is 41.9 Å². The summed E-state index contributed by atoms with van der Waals surface area (Å²) in [5, 5.41) is 10.9. The molecular weight excluding hydrogens is 503 g/mol. The lowest BCUT2D eigenvalue weighted by Gasteiger charge is -2.35. The molecule has 0 amide bonds. The van der Waals surface area contributed by atoms with Gasteiger partial charge in [0.2, 0.25) is 5.82 Å². The van der Waals surface area contributed by atoms with Crippen LogP contribution in [0.2, 0.25) is 0 Å². The topological polar surface area (TPSA) is 90.8 Å². The number of benzene rings is 1. The van der Waals surface area contributed by atoms with E-state index >= 15 is 0 Å². The van der Waals surface area contributed by atoms with E-state index in [1.54, 1.807) is 18.2 Å². The van der Waals surface area contributed by atoms with Gasteiger partial charge in [0, 0.05) is 62.0 Å². The van der Waals surface area contributed by atoms with E-state index in [0.29, 0.717) is 27.8 Å². The molecule has 1 aliphatic heterocycles. The summed E-state index contributed by atoms with van der Waals surface area (Å²) in [7, 11) is 1.37. The highest BCUT2D eigenvalue weighted by molar-refractivity contribution is 7.99. The zero-order chi connectivity index (χ0) is 25.7. The van der Waals surface area contributed by atoms with E-state index in [4.69, 9.17) is 4.98 Å². The van der Waals surface area contributed by atoms with Crippen molar-refractivity contribution < 1.29 is 13.2 Å². The molecule has 9 nitrogen and oxygen atoms in total. The van der Waals surface area contributed by atoms with Crippen LogP contribution in [0, 0.1) is 6.92 Å². The number of H-pyrrole nitrogens is 1. The third kappa shape index (κ3) is 5.10. The molecule has 37 heavy (non-hydrogen) atoms. The second-order valence-corrected chi connectivity index (χ2v) is 10.5. The van der Waals surface area contributed by atoms with Crippen molar-refractivity contribution in [1.29, 1.82) is 0 Å². The Bertz CT molecular complexity index is 1440. The van der Waals surface area contributed by atoms with Crippen molar-refractivity contribution >= 4 is 40.2 Å². The zero-order valence-corrected chi connectivity index (χ0v) is 21.2. The summed E-state index contributed by atoms with van der Waals surface area (Å²) >= 11 is 1.30. The van der Waals surface area contributed by atoms with Gasteiger partial charge in [-0.3, -0.25) is 10.00 Å². The van der Waals surface area contributed by atoms with E-state index in [2.05, 4.69) is 35.3 Å². The average Bonchev–Trinajstić information content (AvgIpc) is 3.55. The Hall–Kier alpha value is -3.32. The number of hydrogen-bond acceptors (Lipinski definition) is 8. The second kappa shape index (κ2) is 9.21. The highest BCUT2D eigenvalue weighted by Crippen LogP contribution is 2.35. The minimum absolute atomic E-state index is 0.290. The number of rotatable bonds is 6. The number of aromatic nitrogens is 6. The lowest BCUT2D eigenvalue weighted by atomic mass is 10.3. The molecule has 0 radical (unpaired) electrons. The third-order valence-electron chi connectivity index (χ3n) is 6.67. The number of hydrogen-bond donors (Lipinski definition) is 2. The Morgan fingerprint density at radius 3 is 2.46 bits per heavy atom. The summed E-state index contributed by atoms with van der Waals surface area (Å²) in [6.45, 7) is 5.66. The van der Waals surface area contributed by atoms with Gasteiger partial charge in [0.05, 0.1) is 11.0 Å². The Labute approximate surface area is 215 Å². The SMILES string of the molecule is Cc1cc(Nc2cc(N3CCN(C4CC4)CC3)nc(Sc3ccc4nc(C(F)(F)F)n(C)c4c3)n2)n[nH]1. The first kappa shape index (κ1) is 24.0. The van der Waals surface area contributed by atoms with Gasteiger partial charge in [-0.1, -0.05) is 0 Å². The summed E-state index contributed by atoms with van der Waals surface area (Å²) in [5.41, 5.74) is 1.61. The van der Waals surface area contributed by atoms with Gasteiger partial charge in [-0.05, 0) is 49.7 Å². The average molecular weight is 530 g/mol. The Morgan fingerprint density at radius 2 is 1.78 bits per heavy atom. The van der Waals surface area contributed by atoms with Gasteiger partial charge >= 0.3 is 6.18 Å². The first-order valence-corrected chi connectivity index (χ1v) is 12.9. The minimum Gasteiger partial charge on any atom is -0.354 e. The number of alkyl halides is 3. The van der Waals surface area contributed by atoms with Crippen LogP contribution in [0.3, 0.4) is 0 Å². The molecule has 2 N–H and O–H groups in total. The number of nitrogens with one attached hydrogen (secondary N) is 2. The van der Waals surface area contributed by atoms with Crippen molar-refractivity contribution in [3.63, 3.8) is 0 Å². The van der Waals surface area contributed by atoms with E-state index in [1.165, 1.54) is 31.7 Å². The van der Waals surface area contributed by atoms with Gasteiger partial charge in [0.25, 0.3) is 0 Å². The van der Waals surface area contributed by atoms with Crippen molar-refractivity contribution in [3.8, 4) is 0 Å². The number of imidazole rings is 1. The smallest absolute Gasteiger partial charge is 0.354 e. The largest absolute Gasteiger partial charge is 0.449 e. The first-order valence-electron chi connectivity index (χ1n) is 12.1. The van der Waals surface area contributed by atoms with Gasteiger partial charge in [-0.2, -0.15) is 18.3 Å². The fourth-order valence-corrected chi connectivity index (χ4v) is 5.45. The van der Waals surface area contributed by atoms with Crippen molar-refractivity contribution in [1.82, 2.24) is 34.6 Å². The molecule has 4 heterocycles. The number of aromatic amines is 1. The molecule has 0 bridgehead atoms. The molecule has 1 saturated carbocycles. The molecule has 1 saturated heterocycles. The number of piperazine rings is 1. The number of nitrogens with zero attached hydrogens (tertiary/aromatic N) is 7. The predicted molar refractivity (Wildman–Crippen MR) is 135 cm³/mol. The van der Waals surface area contributed by atoms with Gasteiger partial charge in [-0.25, -0.2) is 15.0 Å². The highest BCUT2D eigenvalue weighted by atomic mass is 32.2. The molecule has 0 spiro atoms. The Balaban J connectivity index is 1.30. The maximum atomic E-state index is 13.3. The number of fused-ring (bicyclic) bond motifs is 1. The van der Waals surface area contributed by atoms with Crippen LogP contribution in [-0.2, 0) is 13.2 Å². The van der Waals surface area contributed by atoms with Crippen molar-refractivity contribution in [2.45, 2.75) is 42.0 Å². The summed E-state index contributed by atoms with van der Waals surface area (Å²) in [4.78, 5) is 18.8. The van der Waals surface area contributed by atoms with E-state index in [0.717, 1.165) is 53.2 Å². The van der Waals surface area contributed by atoms with Crippen LogP contribution in [0.25, 0.3) is 11.0 Å². The maximum Gasteiger partial charge on any atom is 0.449 e. The zero-order valence-electron chi connectivity index (χ0n) is 20.4. The standard InChI is InChI=1S/C24H26F3N9S/c1-14-11-20(33-32-14)29-19-13-21(36-9-7-35(8-10-36)15-3-4-15)31-23(30-19)37-16-5-6-17-18(12-16)34(2)22(28-17)24(25,26)27/h5-6,11-13,15H,3-4,7-10H2,1-2H3,(H2,29,30,31,32,33). The molecule has 4 aromatic rings. The minimum atomic E-state index is -4.52. The van der Waals surface area contributed by atoms with Crippen LogP contribution in [-0.4, -0.2) is 66.8 Å². The number of anilines is 3. The molecule has 6 rings (SSSR count). The Morgan fingerprint density at radius 1 is 1.00 bits per heavy atom. The predicted octanol–water partition coefficient (Wildman–Crippen LogP) is 4.59. The molecule has 13 heteroatoms. The van der Waals surface area contributed by atoms with Crippen molar-refractivity contribution in [2.24, 2.45) is 7.05 Å².